The highest BCUT2D eigenvalue weighted by Gasteiger charge is 2.20. The average molecular weight is 248 g/mol. The van der Waals surface area contributed by atoms with Crippen molar-refractivity contribution in [3.8, 4) is 10.6 Å². The molecule has 0 saturated heterocycles. The highest BCUT2D eigenvalue weighted by molar-refractivity contribution is 7.15. The normalized spacial score (nSPS) is 19.1. The maximum absolute atomic E-state index is 12.8. The molecule has 2 aromatic heterocycles. The van der Waals surface area contributed by atoms with Crippen LogP contribution in [0.25, 0.3) is 10.6 Å². The molecule has 1 aliphatic carbocycles. The van der Waals surface area contributed by atoms with Crippen LogP contribution in [0.3, 0.4) is 0 Å². The van der Waals surface area contributed by atoms with Gasteiger partial charge >= 0.3 is 0 Å². The van der Waals surface area contributed by atoms with Crippen LogP contribution in [0, 0.1) is 11.9 Å². The Morgan fingerprint density at radius 1 is 1.41 bits per heavy atom. The molecule has 3 rings (SSSR count). The van der Waals surface area contributed by atoms with Crippen molar-refractivity contribution >= 4 is 11.3 Å². The van der Waals surface area contributed by atoms with Crippen molar-refractivity contribution < 1.29 is 4.39 Å². The number of aromatic nitrogens is 2. The third-order valence-electron chi connectivity index (χ3n) is 3.16. The van der Waals surface area contributed by atoms with Crippen LogP contribution in [0.5, 0.6) is 0 Å². The van der Waals surface area contributed by atoms with E-state index in [0.717, 1.165) is 29.3 Å². The number of aryl methyl sites for hydroxylation is 1. The first-order chi connectivity index (χ1) is 8.22. The predicted octanol–water partition coefficient (Wildman–Crippen LogP) is 3.47. The summed E-state index contributed by atoms with van der Waals surface area (Å²) in [6, 6.07) is 3.13. The summed E-state index contributed by atoms with van der Waals surface area (Å²) < 4.78 is 12.8. The monoisotopic (exact) mass is 248 g/mol. The van der Waals surface area contributed by atoms with Crippen LogP contribution >= 0.6 is 11.3 Å². The van der Waals surface area contributed by atoms with Crippen molar-refractivity contribution in [2.75, 3.05) is 0 Å². The van der Waals surface area contributed by atoms with Crippen LogP contribution in [0.1, 0.15) is 23.9 Å². The minimum Gasteiger partial charge on any atom is -0.241 e. The third kappa shape index (κ3) is 2.09. The third-order valence-corrected chi connectivity index (χ3v) is 4.33. The van der Waals surface area contributed by atoms with Gasteiger partial charge in [-0.3, -0.25) is 0 Å². The van der Waals surface area contributed by atoms with E-state index in [1.165, 1.54) is 23.1 Å². The molecule has 0 aliphatic heterocycles. The highest BCUT2D eigenvalue weighted by Crippen LogP contribution is 2.34. The van der Waals surface area contributed by atoms with Crippen molar-refractivity contribution in [3.05, 3.63) is 34.8 Å². The van der Waals surface area contributed by atoms with Crippen molar-refractivity contribution in [1.29, 1.82) is 0 Å². The molecule has 0 amide bonds. The van der Waals surface area contributed by atoms with Crippen molar-refractivity contribution in [2.24, 2.45) is 5.92 Å². The average Bonchev–Trinajstić information content (AvgIpc) is 2.72. The zero-order chi connectivity index (χ0) is 11.8. The molecule has 17 heavy (non-hydrogen) atoms. The first kappa shape index (κ1) is 10.8. The molecule has 1 atom stereocenters. The topological polar surface area (TPSA) is 25.8 Å². The lowest BCUT2D eigenvalue weighted by molar-refractivity contribution is 0.502. The van der Waals surface area contributed by atoms with Crippen molar-refractivity contribution in [2.45, 2.75) is 26.2 Å². The standard InChI is InChI=1S/C13H13FN2S/c1-8-2-4-10-11(6-8)17-13(16-10)9-3-5-12(14)15-7-9/h3,5,7-8H,2,4,6H2,1H3. The molecule has 0 fully saturated rings. The highest BCUT2D eigenvalue weighted by atomic mass is 32.1. The van der Waals surface area contributed by atoms with E-state index in [0.29, 0.717) is 0 Å². The van der Waals surface area contributed by atoms with Gasteiger partial charge in [0, 0.05) is 16.6 Å². The maximum Gasteiger partial charge on any atom is 0.212 e. The fourth-order valence-electron chi connectivity index (χ4n) is 2.17. The van der Waals surface area contributed by atoms with Gasteiger partial charge in [-0.05, 0) is 37.3 Å². The maximum atomic E-state index is 12.8. The quantitative estimate of drug-likeness (QED) is 0.722. The van der Waals surface area contributed by atoms with Gasteiger partial charge in [0.25, 0.3) is 0 Å². The smallest absolute Gasteiger partial charge is 0.212 e. The number of fused-ring (bicyclic) bond motifs is 1. The Morgan fingerprint density at radius 2 is 2.29 bits per heavy atom. The van der Waals surface area contributed by atoms with E-state index in [2.05, 4.69) is 16.9 Å². The number of hydrogen-bond donors (Lipinski definition) is 0. The molecule has 4 heteroatoms. The summed E-state index contributed by atoms with van der Waals surface area (Å²) in [7, 11) is 0. The zero-order valence-electron chi connectivity index (χ0n) is 9.61. The molecule has 88 valence electrons. The van der Waals surface area contributed by atoms with E-state index in [4.69, 9.17) is 0 Å². The van der Waals surface area contributed by atoms with Gasteiger partial charge in [-0.1, -0.05) is 6.92 Å². The molecule has 2 nitrogen and oxygen atoms in total. The summed E-state index contributed by atoms with van der Waals surface area (Å²) in [6.07, 6.45) is 4.98. The van der Waals surface area contributed by atoms with Crippen molar-refractivity contribution in [1.82, 2.24) is 9.97 Å². The number of pyridine rings is 1. The Hall–Kier alpha value is -1.29. The number of rotatable bonds is 1. The lowest BCUT2D eigenvalue weighted by Crippen LogP contribution is -2.09. The van der Waals surface area contributed by atoms with E-state index in [9.17, 15) is 4.39 Å². The fraction of sp³-hybridized carbons (Fsp3) is 0.385. The van der Waals surface area contributed by atoms with E-state index in [1.807, 2.05) is 0 Å². The van der Waals surface area contributed by atoms with Gasteiger partial charge in [0.05, 0.1) is 5.69 Å². The Balaban J connectivity index is 1.97. The van der Waals surface area contributed by atoms with Crippen LogP contribution in [0.2, 0.25) is 0 Å². The van der Waals surface area contributed by atoms with Gasteiger partial charge in [-0.2, -0.15) is 4.39 Å². The molecule has 0 spiro atoms. The van der Waals surface area contributed by atoms with Crippen LogP contribution in [0.15, 0.2) is 18.3 Å². The number of nitrogens with zero attached hydrogens (tertiary/aromatic N) is 2. The molecule has 0 bridgehead atoms. The number of thiazole rings is 1. The molecule has 0 aromatic carbocycles. The van der Waals surface area contributed by atoms with Gasteiger partial charge in [0.1, 0.15) is 5.01 Å². The summed E-state index contributed by atoms with van der Waals surface area (Å²) in [5.74, 6) is 0.311. The second-order valence-electron chi connectivity index (χ2n) is 4.61. The minimum absolute atomic E-state index is 0.441. The Kier molecular flexibility index (Phi) is 2.67. The fourth-order valence-corrected chi connectivity index (χ4v) is 3.43. The van der Waals surface area contributed by atoms with Gasteiger partial charge < -0.3 is 0 Å². The van der Waals surface area contributed by atoms with E-state index >= 15 is 0 Å². The lowest BCUT2D eigenvalue weighted by atomic mass is 9.93. The first-order valence-corrected chi connectivity index (χ1v) is 6.64. The summed E-state index contributed by atoms with van der Waals surface area (Å²) in [6.45, 7) is 2.28. The van der Waals surface area contributed by atoms with Gasteiger partial charge in [-0.15, -0.1) is 11.3 Å². The summed E-state index contributed by atoms with van der Waals surface area (Å²) in [4.78, 5) is 9.71. The first-order valence-electron chi connectivity index (χ1n) is 5.83. The molecular weight excluding hydrogens is 235 g/mol. The van der Waals surface area contributed by atoms with Gasteiger partial charge in [0.2, 0.25) is 5.95 Å². The zero-order valence-corrected chi connectivity index (χ0v) is 10.4. The number of hydrogen-bond acceptors (Lipinski definition) is 3. The molecule has 0 radical (unpaired) electrons. The second-order valence-corrected chi connectivity index (χ2v) is 5.69. The SMILES string of the molecule is CC1CCc2nc(-c3ccc(F)nc3)sc2C1. The van der Waals surface area contributed by atoms with Crippen LogP contribution in [-0.2, 0) is 12.8 Å². The molecule has 0 saturated carbocycles. The Bertz CT molecular complexity index is 533. The Morgan fingerprint density at radius 3 is 3.06 bits per heavy atom. The molecule has 0 N–H and O–H groups in total. The summed E-state index contributed by atoms with van der Waals surface area (Å²) in [5.41, 5.74) is 2.14. The van der Waals surface area contributed by atoms with E-state index in [1.54, 1.807) is 23.6 Å². The molecule has 1 unspecified atom stereocenters. The van der Waals surface area contributed by atoms with Gasteiger partial charge in [0.15, 0.2) is 0 Å². The summed E-state index contributed by atoms with van der Waals surface area (Å²) >= 11 is 1.72. The van der Waals surface area contributed by atoms with E-state index < -0.39 is 5.95 Å². The van der Waals surface area contributed by atoms with Gasteiger partial charge in [-0.25, -0.2) is 9.97 Å². The van der Waals surface area contributed by atoms with Crippen molar-refractivity contribution in [3.63, 3.8) is 0 Å². The largest absolute Gasteiger partial charge is 0.241 e. The molecule has 1 aliphatic rings. The predicted molar refractivity (Wildman–Crippen MR) is 66.5 cm³/mol. The van der Waals surface area contributed by atoms with Crippen LogP contribution in [-0.4, -0.2) is 9.97 Å². The lowest BCUT2D eigenvalue weighted by Gasteiger charge is -2.15. The summed E-state index contributed by atoms with van der Waals surface area (Å²) in [5, 5.41) is 0.969. The minimum atomic E-state index is -0.441. The molecular formula is C13H13FN2S. The van der Waals surface area contributed by atoms with Crippen LogP contribution in [0.4, 0.5) is 4.39 Å². The number of halogens is 1. The molecule has 2 aromatic rings. The Labute approximate surface area is 104 Å². The van der Waals surface area contributed by atoms with E-state index in [-0.39, 0.29) is 0 Å². The molecule has 2 heterocycles. The van der Waals surface area contributed by atoms with Crippen LogP contribution < -0.4 is 0 Å². The second kappa shape index (κ2) is 4.18.